The van der Waals surface area contributed by atoms with Gasteiger partial charge in [-0.25, -0.2) is 22.9 Å². The lowest BCUT2D eigenvalue weighted by Gasteiger charge is -2.14. The summed E-state index contributed by atoms with van der Waals surface area (Å²) in [7, 11) is -3.87. The van der Waals surface area contributed by atoms with Gasteiger partial charge in [0.25, 0.3) is 10.0 Å². The zero-order chi connectivity index (χ0) is 19.7. The zero-order valence-electron chi connectivity index (χ0n) is 15.0. The Kier molecular flexibility index (Phi) is 4.55. The van der Waals surface area contributed by atoms with Crippen molar-refractivity contribution in [2.45, 2.75) is 18.2 Å². The summed E-state index contributed by atoms with van der Waals surface area (Å²) in [5.74, 6) is 0.921. The number of anilines is 1. The molecule has 0 saturated carbocycles. The van der Waals surface area contributed by atoms with Gasteiger partial charge in [-0.3, -0.25) is 4.72 Å². The van der Waals surface area contributed by atoms with Gasteiger partial charge in [0.2, 0.25) is 0 Å². The monoisotopic (exact) mass is 402 g/mol. The average molecular weight is 402 g/mol. The van der Waals surface area contributed by atoms with Crippen molar-refractivity contribution in [1.29, 1.82) is 0 Å². The molecular formula is C18H18N4O5S. The first-order chi connectivity index (χ1) is 13.5. The third-order valence-electron chi connectivity index (χ3n) is 4.39. The van der Waals surface area contributed by atoms with Crippen LogP contribution >= 0.6 is 0 Å². The molecule has 0 unspecified atom stereocenters. The molecule has 1 aliphatic rings. The summed E-state index contributed by atoms with van der Waals surface area (Å²) in [4.78, 5) is 11.9. The van der Waals surface area contributed by atoms with Crippen molar-refractivity contribution in [2.24, 2.45) is 0 Å². The molecule has 0 aliphatic carbocycles. The third-order valence-corrected chi connectivity index (χ3v) is 5.75. The van der Waals surface area contributed by atoms with Gasteiger partial charge in [0.1, 0.15) is 6.33 Å². The number of hydrogen-bond acceptors (Lipinski definition) is 6. The van der Waals surface area contributed by atoms with E-state index in [9.17, 15) is 13.2 Å². The first-order valence-corrected chi connectivity index (χ1v) is 10.1. The molecule has 2 aromatic carbocycles. The minimum atomic E-state index is -3.87. The molecule has 0 amide bonds. The Labute approximate surface area is 161 Å². The van der Waals surface area contributed by atoms with E-state index in [1.165, 1.54) is 23.0 Å². The van der Waals surface area contributed by atoms with Crippen molar-refractivity contribution in [3.63, 3.8) is 0 Å². The lowest BCUT2D eigenvalue weighted by atomic mass is 10.1. The number of H-pyrrole nitrogens is 1. The number of sulfonamides is 1. The summed E-state index contributed by atoms with van der Waals surface area (Å²) in [6.45, 7) is 2.71. The van der Waals surface area contributed by atoms with Crippen molar-refractivity contribution < 1.29 is 17.9 Å². The molecule has 0 spiro atoms. The van der Waals surface area contributed by atoms with Gasteiger partial charge in [-0.2, -0.15) is 5.10 Å². The van der Waals surface area contributed by atoms with E-state index in [0.29, 0.717) is 41.7 Å². The third kappa shape index (κ3) is 3.33. The number of hydrogen-bond donors (Lipinski definition) is 2. The van der Waals surface area contributed by atoms with Crippen LogP contribution in [0.1, 0.15) is 12.0 Å². The number of rotatable bonds is 4. The highest BCUT2D eigenvalue weighted by atomic mass is 32.2. The number of benzene rings is 2. The summed E-state index contributed by atoms with van der Waals surface area (Å²) in [6, 6.07) is 9.50. The van der Waals surface area contributed by atoms with Gasteiger partial charge in [0.15, 0.2) is 11.5 Å². The molecule has 3 aromatic rings. The summed E-state index contributed by atoms with van der Waals surface area (Å²) in [5, 5.41) is 6.02. The lowest BCUT2D eigenvalue weighted by molar-refractivity contribution is 0.297. The van der Waals surface area contributed by atoms with Crippen molar-refractivity contribution in [2.75, 3.05) is 17.9 Å². The average Bonchev–Trinajstić information content (AvgIpc) is 2.95. The van der Waals surface area contributed by atoms with Crippen LogP contribution in [0.2, 0.25) is 0 Å². The van der Waals surface area contributed by atoms with Crippen LogP contribution in [0.15, 0.2) is 52.4 Å². The van der Waals surface area contributed by atoms with Gasteiger partial charge in [0, 0.05) is 12.5 Å². The Morgan fingerprint density at radius 2 is 1.93 bits per heavy atom. The van der Waals surface area contributed by atoms with Gasteiger partial charge in [-0.15, -0.1) is 0 Å². The van der Waals surface area contributed by atoms with Crippen molar-refractivity contribution in [3.05, 3.63) is 58.8 Å². The predicted molar refractivity (Wildman–Crippen MR) is 102 cm³/mol. The Bertz CT molecular complexity index is 1180. The molecule has 4 rings (SSSR count). The van der Waals surface area contributed by atoms with Crippen LogP contribution in [0.5, 0.6) is 11.5 Å². The quantitative estimate of drug-likeness (QED) is 0.688. The van der Waals surface area contributed by atoms with Gasteiger partial charge in [0.05, 0.1) is 29.5 Å². The SMILES string of the molecule is Cc1c(NS(=O)(=O)c2ccc3c(c2)OCCCO3)cccc1-n1cn[nH]c1=O. The number of fused-ring (bicyclic) bond motifs is 1. The highest BCUT2D eigenvalue weighted by Crippen LogP contribution is 2.33. The van der Waals surface area contributed by atoms with Gasteiger partial charge in [-0.05, 0) is 36.8 Å². The number of nitrogens with one attached hydrogen (secondary N) is 2. The number of nitrogens with zero attached hydrogens (tertiary/aromatic N) is 2. The fourth-order valence-electron chi connectivity index (χ4n) is 2.93. The van der Waals surface area contributed by atoms with E-state index in [2.05, 4.69) is 14.9 Å². The number of aromatic amines is 1. The van der Waals surface area contributed by atoms with Crippen molar-refractivity contribution in [3.8, 4) is 17.2 Å². The fourth-order valence-corrected chi connectivity index (χ4v) is 4.07. The van der Waals surface area contributed by atoms with Gasteiger partial charge < -0.3 is 9.47 Å². The van der Waals surface area contributed by atoms with Crippen LogP contribution in [-0.2, 0) is 10.0 Å². The number of aromatic nitrogens is 3. The van der Waals surface area contributed by atoms with E-state index in [1.807, 2.05) is 0 Å². The van der Waals surface area contributed by atoms with Gasteiger partial charge >= 0.3 is 5.69 Å². The number of ether oxygens (including phenoxy) is 2. The molecule has 28 heavy (non-hydrogen) atoms. The van der Waals surface area contributed by atoms with Crippen LogP contribution in [0.4, 0.5) is 5.69 Å². The fraction of sp³-hybridized carbons (Fsp3) is 0.222. The van der Waals surface area contributed by atoms with E-state index in [-0.39, 0.29) is 4.90 Å². The van der Waals surface area contributed by atoms with E-state index < -0.39 is 15.7 Å². The van der Waals surface area contributed by atoms with E-state index in [0.717, 1.165) is 6.42 Å². The zero-order valence-corrected chi connectivity index (χ0v) is 15.8. The molecule has 0 radical (unpaired) electrons. The Morgan fingerprint density at radius 3 is 2.68 bits per heavy atom. The molecule has 146 valence electrons. The molecule has 1 aromatic heterocycles. The van der Waals surface area contributed by atoms with Crippen LogP contribution in [0, 0.1) is 6.92 Å². The Morgan fingerprint density at radius 1 is 1.14 bits per heavy atom. The van der Waals surface area contributed by atoms with Crippen molar-refractivity contribution >= 4 is 15.7 Å². The maximum absolute atomic E-state index is 12.9. The van der Waals surface area contributed by atoms with Crippen LogP contribution in [0.3, 0.4) is 0 Å². The summed E-state index contributed by atoms with van der Waals surface area (Å²) >= 11 is 0. The van der Waals surface area contributed by atoms with Gasteiger partial charge in [-0.1, -0.05) is 6.07 Å². The maximum atomic E-state index is 12.9. The second kappa shape index (κ2) is 7.04. The normalized spacial score (nSPS) is 13.8. The minimum absolute atomic E-state index is 0.0574. The molecule has 10 heteroatoms. The summed E-state index contributed by atoms with van der Waals surface area (Å²) in [6.07, 6.45) is 2.07. The molecule has 2 heterocycles. The minimum Gasteiger partial charge on any atom is -0.490 e. The second-order valence-electron chi connectivity index (χ2n) is 6.25. The van der Waals surface area contributed by atoms with Crippen LogP contribution < -0.4 is 19.9 Å². The largest absolute Gasteiger partial charge is 0.490 e. The molecular weight excluding hydrogens is 384 g/mol. The molecule has 0 saturated heterocycles. The van der Waals surface area contributed by atoms with Crippen LogP contribution in [-0.4, -0.2) is 36.4 Å². The molecule has 9 nitrogen and oxygen atoms in total. The van der Waals surface area contributed by atoms with E-state index in [1.54, 1.807) is 31.2 Å². The molecule has 0 bridgehead atoms. The topological polar surface area (TPSA) is 115 Å². The smallest absolute Gasteiger partial charge is 0.347 e. The molecule has 2 N–H and O–H groups in total. The van der Waals surface area contributed by atoms with E-state index in [4.69, 9.17) is 9.47 Å². The highest BCUT2D eigenvalue weighted by molar-refractivity contribution is 7.92. The summed E-state index contributed by atoms with van der Waals surface area (Å²) in [5.41, 5.74) is 1.06. The predicted octanol–water partition coefficient (Wildman–Crippen LogP) is 1.83. The first kappa shape index (κ1) is 18.1. The Balaban J connectivity index is 1.68. The standard InChI is InChI=1S/C18H18N4O5S/c1-12-14(4-2-5-15(12)22-11-19-20-18(22)23)21-28(24,25)13-6-7-16-17(10-13)27-9-3-8-26-16/h2,4-7,10-11,21H,3,8-9H2,1H3,(H,20,23). The van der Waals surface area contributed by atoms with Crippen LogP contribution in [0.25, 0.3) is 5.69 Å². The molecule has 0 fully saturated rings. The highest BCUT2D eigenvalue weighted by Gasteiger charge is 2.20. The summed E-state index contributed by atoms with van der Waals surface area (Å²) < 4.78 is 40.8. The second-order valence-corrected chi connectivity index (χ2v) is 7.93. The Hall–Kier alpha value is -3.27. The molecule has 0 atom stereocenters. The van der Waals surface area contributed by atoms with Crippen molar-refractivity contribution in [1.82, 2.24) is 14.8 Å². The maximum Gasteiger partial charge on any atom is 0.347 e. The molecule has 1 aliphatic heterocycles. The van der Waals surface area contributed by atoms with E-state index >= 15 is 0 Å². The first-order valence-electron chi connectivity index (χ1n) is 8.60. The lowest BCUT2D eigenvalue weighted by Crippen LogP contribution is -2.17.